The fourth-order valence-corrected chi connectivity index (χ4v) is 26.0. The van der Waals surface area contributed by atoms with E-state index < -0.39 is 0 Å². The van der Waals surface area contributed by atoms with E-state index in [4.69, 9.17) is 0 Å². The molecule has 0 N–H and O–H groups in total. The molecule has 12 heterocycles. The second-order valence-electron chi connectivity index (χ2n) is 36.5. The van der Waals surface area contributed by atoms with Crippen LogP contribution in [-0.2, 0) is 0 Å². The predicted octanol–water partition coefficient (Wildman–Crippen LogP) is 40.4. The van der Waals surface area contributed by atoms with Gasteiger partial charge in [-0.2, -0.15) is 0 Å². The first kappa shape index (κ1) is 91.1. The highest BCUT2D eigenvalue weighted by molar-refractivity contribution is 6.39. The summed E-state index contributed by atoms with van der Waals surface area (Å²) in [6, 6.07) is 122. The van der Waals surface area contributed by atoms with Gasteiger partial charge in [0.2, 0.25) is 0 Å². The number of hydrogen-bond acceptors (Lipinski definition) is 0. The normalized spacial score (nSPS) is 11.9. The van der Waals surface area contributed by atoms with Gasteiger partial charge >= 0.3 is 0 Å². The number of para-hydroxylation sites is 6. The molecule has 678 valence electrons. The van der Waals surface area contributed by atoms with Crippen molar-refractivity contribution in [3.63, 3.8) is 0 Å². The molecule has 0 aliphatic carbocycles. The number of benzene rings is 21. The van der Waals surface area contributed by atoms with Crippen molar-refractivity contribution < 1.29 is 0 Å². The van der Waals surface area contributed by atoms with E-state index in [1.807, 2.05) is 0 Å². The number of rotatable bonds is 0. The quantitative estimate of drug-likeness (QED) is 0.145. The Morgan fingerprint density at radius 1 is 0.116 bits per heavy atom. The Kier molecular flexibility index (Phi) is 20.6. The Morgan fingerprint density at radius 2 is 0.304 bits per heavy atom. The van der Waals surface area contributed by atoms with Gasteiger partial charge in [-0.25, -0.2) is 0 Å². The van der Waals surface area contributed by atoms with Crippen LogP contribution in [0, 0.1) is 41.5 Å². The minimum atomic E-state index is 0. The molecule has 0 amide bonds. The third-order valence-electron chi connectivity index (χ3n) is 30.8. The van der Waals surface area contributed by atoms with Crippen molar-refractivity contribution in [2.75, 3.05) is 0 Å². The van der Waals surface area contributed by atoms with Crippen LogP contribution in [0.15, 0.2) is 328 Å². The molecular weight excluding hydrogens is 1670 g/mol. The molecule has 0 spiro atoms. The summed E-state index contributed by atoms with van der Waals surface area (Å²) < 4.78 is 15.5. The number of aromatic nitrogens is 6. The number of fused-ring (bicyclic) bond motifs is 46. The monoisotopic (exact) mass is 1790 g/mol. The topological polar surface area (TPSA) is 26.5 Å². The van der Waals surface area contributed by atoms with E-state index in [0.717, 1.165) is 0 Å². The summed E-state index contributed by atoms with van der Waals surface area (Å²) in [6.07, 6.45) is 0. The molecule has 0 saturated heterocycles. The third-order valence-corrected chi connectivity index (χ3v) is 30.8. The fourth-order valence-electron chi connectivity index (χ4n) is 26.0. The zero-order valence-corrected chi connectivity index (χ0v) is 69.9. The Morgan fingerprint density at radius 3 is 0.609 bits per heavy atom. The van der Waals surface area contributed by atoms with Crippen LogP contribution in [0.4, 0.5) is 0 Å². The largest absolute Gasteiger partial charge is 0.308 e. The van der Waals surface area contributed by atoms with Crippen molar-refractivity contribution in [3.05, 3.63) is 361 Å². The smallest absolute Gasteiger partial charge is 0.0620 e. The average molecular weight is 1790 g/mol. The van der Waals surface area contributed by atoms with Gasteiger partial charge in [0.25, 0.3) is 0 Å². The van der Waals surface area contributed by atoms with Crippen molar-refractivity contribution in [1.29, 1.82) is 0 Å². The Labute approximate surface area is 805 Å². The van der Waals surface area contributed by atoms with Gasteiger partial charge in [0, 0.05) is 140 Å². The van der Waals surface area contributed by atoms with E-state index >= 15 is 0 Å². The summed E-state index contributed by atoms with van der Waals surface area (Å²) in [7, 11) is 0. The Hall–Kier alpha value is -16.0. The lowest BCUT2D eigenvalue weighted by molar-refractivity contribution is 1.31. The average Bonchev–Trinajstić information content (AvgIpc) is 1.51. The molecule has 0 saturated carbocycles. The van der Waals surface area contributed by atoms with Gasteiger partial charge < -0.3 is 26.4 Å². The highest BCUT2D eigenvalue weighted by Crippen LogP contribution is 2.55. The fraction of sp³-hybridized carbons (Fsp3) is 0.136. The third kappa shape index (κ3) is 10.5. The molecule has 6 heteroatoms. The minimum absolute atomic E-state index is 0. The molecule has 33 rings (SSSR count). The van der Waals surface area contributed by atoms with Crippen LogP contribution in [0.2, 0.25) is 0 Å². The molecular formula is C132H120N6. The van der Waals surface area contributed by atoms with Crippen molar-refractivity contribution in [2.24, 2.45) is 0 Å². The maximum Gasteiger partial charge on any atom is 0.0620 e. The van der Waals surface area contributed by atoms with Crippen LogP contribution in [0.3, 0.4) is 0 Å². The van der Waals surface area contributed by atoms with Gasteiger partial charge in [-0.15, -0.1) is 0 Å². The summed E-state index contributed by atoms with van der Waals surface area (Å²) in [5.41, 5.74) is 32.1. The lowest BCUT2D eigenvalue weighted by Crippen LogP contribution is -1.92. The van der Waals surface area contributed by atoms with Crippen LogP contribution in [-0.4, -0.2) is 26.4 Å². The summed E-state index contributed by atoms with van der Waals surface area (Å²) in [5.74, 6) is 0. The van der Waals surface area contributed by atoms with Crippen LogP contribution < -0.4 is 0 Å². The van der Waals surface area contributed by atoms with E-state index in [9.17, 15) is 0 Å². The van der Waals surface area contributed by atoms with E-state index in [2.05, 4.69) is 396 Å². The van der Waals surface area contributed by atoms with Gasteiger partial charge in [0.05, 0.1) is 99.3 Å². The minimum Gasteiger partial charge on any atom is -0.308 e. The van der Waals surface area contributed by atoms with E-state index in [-0.39, 0.29) is 89.1 Å². The van der Waals surface area contributed by atoms with Crippen LogP contribution in [0.5, 0.6) is 0 Å². The van der Waals surface area contributed by atoms with Gasteiger partial charge in [0.1, 0.15) is 0 Å². The van der Waals surface area contributed by atoms with Gasteiger partial charge in [0.15, 0.2) is 0 Å². The zero-order chi connectivity index (χ0) is 82.3. The second-order valence-corrected chi connectivity index (χ2v) is 36.5. The number of nitrogens with zero attached hydrogens (tertiary/aromatic N) is 6. The summed E-state index contributed by atoms with van der Waals surface area (Å²) in [4.78, 5) is 0. The lowest BCUT2D eigenvalue weighted by atomic mass is 9.95. The maximum atomic E-state index is 2.60. The zero-order valence-electron chi connectivity index (χ0n) is 69.9. The molecule has 138 heavy (non-hydrogen) atoms. The van der Waals surface area contributed by atoms with Crippen LogP contribution in [0.1, 0.15) is 123 Å². The highest BCUT2D eigenvalue weighted by Gasteiger charge is 2.33. The lowest BCUT2D eigenvalue weighted by Gasteiger charge is -2.11. The SMILES string of the molecule is C.C.C.C.C.C.C.C.C.C.C.C.Cc1c2c3cccc4c5c6ccccc6ccc5n(c2c(C)c2c1c1cccc5c6c7ccccc7ccc6n2c15)c34.Cc1c2c3cccc4c5cc6ccccc6cc5n(c2c(C)c2c1c1cccc5c6cc7ccccc7cc6n2c51)c43.Cc1c2c3cccc4c5ccc6ccccc6c5n(c2c(C)c2c1c1cccc5c6ccc7ccccc7c6n2c51)c43. The van der Waals surface area contributed by atoms with E-state index in [0.29, 0.717) is 0 Å². The van der Waals surface area contributed by atoms with Crippen LogP contribution >= 0.6 is 0 Å². The molecule has 0 unspecified atom stereocenters. The van der Waals surface area contributed by atoms with Crippen molar-refractivity contribution >= 4 is 293 Å². The Bertz CT molecular complexity index is 10200. The molecule has 12 aromatic heterocycles. The van der Waals surface area contributed by atoms with Crippen molar-refractivity contribution in [1.82, 2.24) is 26.4 Å². The maximum absolute atomic E-state index is 2.60. The summed E-state index contributed by atoms with van der Waals surface area (Å²) in [5, 5.41) is 48.1. The molecule has 33 aromatic rings. The number of aryl methyl sites for hydroxylation is 6. The second kappa shape index (κ2) is 31.3. The molecule has 0 bridgehead atoms. The van der Waals surface area contributed by atoms with Gasteiger partial charge in [-0.3, -0.25) is 0 Å². The predicted molar refractivity (Wildman–Crippen MR) is 622 cm³/mol. The van der Waals surface area contributed by atoms with Gasteiger partial charge in [-0.1, -0.05) is 380 Å². The molecule has 6 nitrogen and oxygen atoms in total. The molecule has 0 aliphatic heterocycles. The summed E-state index contributed by atoms with van der Waals surface area (Å²) >= 11 is 0. The number of hydrogen-bond donors (Lipinski definition) is 0. The molecule has 0 aliphatic rings. The molecule has 0 radical (unpaired) electrons. The molecule has 0 atom stereocenters. The Balaban J connectivity index is 0.000000127. The first-order valence-electron chi connectivity index (χ1n) is 44.4. The van der Waals surface area contributed by atoms with Gasteiger partial charge in [-0.05, 0) is 165 Å². The highest BCUT2D eigenvalue weighted by atomic mass is 15.0. The van der Waals surface area contributed by atoms with Crippen LogP contribution in [0.25, 0.3) is 293 Å². The first-order valence-corrected chi connectivity index (χ1v) is 44.4. The van der Waals surface area contributed by atoms with Crippen molar-refractivity contribution in [3.8, 4) is 0 Å². The van der Waals surface area contributed by atoms with Crippen molar-refractivity contribution in [2.45, 2.75) is 131 Å². The molecule has 0 fully saturated rings. The summed E-state index contributed by atoms with van der Waals surface area (Å²) in [6.45, 7) is 14.1. The van der Waals surface area contributed by atoms with E-state index in [1.165, 1.54) is 327 Å². The first-order chi connectivity index (χ1) is 62.1. The van der Waals surface area contributed by atoms with E-state index in [1.54, 1.807) is 0 Å². The standard InChI is InChI=1S/3C40H24N2.12CH4/c1-21-35-29-15-7-13-27-31-17-23-9-3-5-11-25(23)19-33(31)41(39(27)29)37(35)22(2)38-36(21)30-16-8-14-28-32-18-24-10-4-6-12-26(24)20-34(32)42(38)40(28)30;1-21-33-31-15-7-13-27-29-19-17-23-9-3-5-11-25(23)37(29)41(39(27)31)35(33)22(2)36-34(21)32-16-8-14-28-30-20-18-24-10-4-6-12-26(24)38(30)42(36)40(28)32;1-21-33-27-13-7-15-29-35-25-11-5-3-9-23(25)17-19-31(35)41(39(27)29)37(33)22(2)38-34(21)28-14-8-16-30-36-26-12-6-4-10-24(26)18-20-32(36)42(38)40(28)30;;;;;;;;;;;;/h3*3-20H,1-2H3;12*1H4. The molecule has 21 aromatic carbocycles.